The van der Waals surface area contributed by atoms with Crippen LogP contribution >= 0.6 is 0 Å². The second kappa shape index (κ2) is 3.40. The molecule has 0 aromatic heterocycles. The lowest BCUT2D eigenvalue weighted by molar-refractivity contribution is -0.119. The number of hydrogen-bond acceptors (Lipinski definition) is 2. The van der Waals surface area contributed by atoms with Gasteiger partial charge in [-0.15, -0.1) is 0 Å². The SMILES string of the molecule is CC(=O)CC1(N(C)C)CC=CC1. The number of rotatable bonds is 3. The van der Waals surface area contributed by atoms with E-state index in [1.165, 1.54) is 0 Å². The third-order valence-corrected chi connectivity index (χ3v) is 2.69. The zero-order chi connectivity index (χ0) is 9.19. The molecule has 1 aliphatic rings. The standard InChI is InChI=1S/C10H17NO/c1-9(12)8-10(11(2)3)6-4-5-7-10/h4-5H,6-8H2,1-3H3. The third-order valence-electron chi connectivity index (χ3n) is 2.69. The van der Waals surface area contributed by atoms with Crippen LogP contribution in [0.25, 0.3) is 0 Å². The van der Waals surface area contributed by atoms with E-state index in [0.717, 1.165) is 12.8 Å². The average Bonchev–Trinajstić information content (AvgIpc) is 2.35. The van der Waals surface area contributed by atoms with E-state index in [2.05, 4.69) is 31.1 Å². The van der Waals surface area contributed by atoms with E-state index in [-0.39, 0.29) is 11.3 Å². The molecule has 0 saturated heterocycles. The van der Waals surface area contributed by atoms with Gasteiger partial charge in [-0.3, -0.25) is 4.79 Å². The Balaban J connectivity index is 2.67. The first kappa shape index (κ1) is 9.46. The maximum atomic E-state index is 11.1. The van der Waals surface area contributed by atoms with Crippen LogP contribution in [0.1, 0.15) is 26.2 Å². The summed E-state index contributed by atoms with van der Waals surface area (Å²) in [6.45, 7) is 1.67. The molecule has 0 spiro atoms. The predicted octanol–water partition coefficient (Wildman–Crippen LogP) is 1.62. The molecule has 0 atom stereocenters. The number of hydrogen-bond donors (Lipinski definition) is 0. The van der Waals surface area contributed by atoms with E-state index in [0.29, 0.717) is 6.42 Å². The van der Waals surface area contributed by atoms with Gasteiger partial charge in [0.1, 0.15) is 5.78 Å². The van der Waals surface area contributed by atoms with Crippen LogP contribution in [-0.2, 0) is 4.79 Å². The zero-order valence-corrected chi connectivity index (χ0v) is 8.13. The van der Waals surface area contributed by atoms with Gasteiger partial charge >= 0.3 is 0 Å². The minimum atomic E-state index is 0.0891. The number of ketones is 1. The summed E-state index contributed by atoms with van der Waals surface area (Å²) in [4.78, 5) is 13.2. The summed E-state index contributed by atoms with van der Waals surface area (Å²) in [6, 6.07) is 0. The lowest BCUT2D eigenvalue weighted by atomic mass is 9.89. The molecular weight excluding hydrogens is 150 g/mol. The summed E-state index contributed by atoms with van der Waals surface area (Å²) in [7, 11) is 4.10. The Bertz CT molecular complexity index is 198. The van der Waals surface area contributed by atoms with Gasteiger partial charge in [0.05, 0.1) is 0 Å². The van der Waals surface area contributed by atoms with E-state index in [1.807, 2.05) is 0 Å². The van der Waals surface area contributed by atoms with Crippen LogP contribution in [0, 0.1) is 0 Å². The Hall–Kier alpha value is -0.630. The molecule has 0 saturated carbocycles. The summed E-state index contributed by atoms with van der Waals surface area (Å²) in [5.41, 5.74) is 0.0891. The summed E-state index contributed by atoms with van der Waals surface area (Å²) in [6.07, 6.45) is 7.04. The van der Waals surface area contributed by atoms with Gasteiger partial charge in [0.2, 0.25) is 0 Å². The number of carbonyl (C=O) groups excluding carboxylic acids is 1. The van der Waals surface area contributed by atoms with Gasteiger partial charge in [-0.1, -0.05) is 12.2 Å². The van der Waals surface area contributed by atoms with Crippen LogP contribution in [0.3, 0.4) is 0 Å². The van der Waals surface area contributed by atoms with Crippen molar-refractivity contribution in [2.24, 2.45) is 0 Å². The minimum Gasteiger partial charge on any atom is -0.303 e. The highest BCUT2D eigenvalue weighted by Crippen LogP contribution is 2.31. The van der Waals surface area contributed by atoms with Crippen molar-refractivity contribution in [3.8, 4) is 0 Å². The molecule has 68 valence electrons. The van der Waals surface area contributed by atoms with Crippen LogP contribution in [0.4, 0.5) is 0 Å². The van der Waals surface area contributed by atoms with Gasteiger partial charge < -0.3 is 4.90 Å². The number of carbonyl (C=O) groups is 1. The normalized spacial score (nSPS) is 20.3. The fourth-order valence-corrected chi connectivity index (χ4v) is 1.82. The average molecular weight is 167 g/mol. The monoisotopic (exact) mass is 167 g/mol. The zero-order valence-electron chi connectivity index (χ0n) is 8.13. The molecular formula is C10H17NO. The van der Waals surface area contributed by atoms with Crippen LogP contribution < -0.4 is 0 Å². The minimum absolute atomic E-state index is 0.0891. The molecule has 0 bridgehead atoms. The first-order valence-corrected chi connectivity index (χ1v) is 4.39. The topological polar surface area (TPSA) is 20.3 Å². The maximum absolute atomic E-state index is 11.1. The van der Waals surface area contributed by atoms with Gasteiger partial charge in [0, 0.05) is 12.0 Å². The molecule has 0 aromatic rings. The molecule has 1 rings (SSSR count). The van der Waals surface area contributed by atoms with Gasteiger partial charge in [0.15, 0.2) is 0 Å². The van der Waals surface area contributed by atoms with Crippen molar-refractivity contribution in [2.45, 2.75) is 31.7 Å². The van der Waals surface area contributed by atoms with Crippen molar-refractivity contribution in [1.82, 2.24) is 4.90 Å². The number of Topliss-reactive ketones (excluding diaryl/α,β-unsaturated/α-hetero) is 1. The quantitative estimate of drug-likeness (QED) is 0.595. The lowest BCUT2D eigenvalue weighted by Gasteiger charge is -2.35. The molecule has 2 heteroatoms. The van der Waals surface area contributed by atoms with Crippen molar-refractivity contribution >= 4 is 5.78 Å². The Morgan fingerprint density at radius 3 is 2.25 bits per heavy atom. The molecule has 12 heavy (non-hydrogen) atoms. The third kappa shape index (κ3) is 1.75. The Kier molecular flexibility index (Phi) is 2.68. The van der Waals surface area contributed by atoms with Crippen molar-refractivity contribution in [1.29, 1.82) is 0 Å². The van der Waals surface area contributed by atoms with Gasteiger partial charge in [-0.25, -0.2) is 0 Å². The van der Waals surface area contributed by atoms with E-state index in [1.54, 1.807) is 6.92 Å². The molecule has 0 amide bonds. The van der Waals surface area contributed by atoms with E-state index < -0.39 is 0 Å². The molecule has 0 N–H and O–H groups in total. The summed E-state index contributed by atoms with van der Waals surface area (Å²) >= 11 is 0. The molecule has 1 aliphatic carbocycles. The summed E-state index contributed by atoms with van der Waals surface area (Å²) < 4.78 is 0. The highest BCUT2D eigenvalue weighted by molar-refractivity contribution is 5.77. The van der Waals surface area contributed by atoms with Gasteiger partial charge in [0.25, 0.3) is 0 Å². The molecule has 0 unspecified atom stereocenters. The van der Waals surface area contributed by atoms with Gasteiger partial charge in [-0.2, -0.15) is 0 Å². The van der Waals surface area contributed by atoms with Crippen LogP contribution in [0.2, 0.25) is 0 Å². The highest BCUT2D eigenvalue weighted by Gasteiger charge is 2.34. The fourth-order valence-electron chi connectivity index (χ4n) is 1.82. The Labute approximate surface area is 74.2 Å². The smallest absolute Gasteiger partial charge is 0.131 e. The first-order chi connectivity index (χ1) is 5.57. The lowest BCUT2D eigenvalue weighted by Crippen LogP contribution is -2.43. The van der Waals surface area contributed by atoms with E-state index >= 15 is 0 Å². The predicted molar refractivity (Wildman–Crippen MR) is 50.1 cm³/mol. The Morgan fingerprint density at radius 1 is 1.42 bits per heavy atom. The van der Waals surface area contributed by atoms with Crippen molar-refractivity contribution < 1.29 is 4.79 Å². The van der Waals surface area contributed by atoms with E-state index in [4.69, 9.17) is 0 Å². The summed E-state index contributed by atoms with van der Waals surface area (Å²) in [5.74, 6) is 0.285. The van der Waals surface area contributed by atoms with E-state index in [9.17, 15) is 4.79 Å². The molecule has 0 aromatic carbocycles. The van der Waals surface area contributed by atoms with Crippen molar-refractivity contribution in [3.05, 3.63) is 12.2 Å². The van der Waals surface area contributed by atoms with Crippen molar-refractivity contribution in [3.63, 3.8) is 0 Å². The van der Waals surface area contributed by atoms with Gasteiger partial charge in [-0.05, 0) is 33.9 Å². The molecule has 2 nitrogen and oxygen atoms in total. The highest BCUT2D eigenvalue weighted by atomic mass is 16.1. The fraction of sp³-hybridized carbons (Fsp3) is 0.700. The first-order valence-electron chi connectivity index (χ1n) is 4.39. The number of nitrogens with zero attached hydrogens (tertiary/aromatic N) is 1. The van der Waals surface area contributed by atoms with Crippen molar-refractivity contribution in [2.75, 3.05) is 14.1 Å². The molecule has 0 radical (unpaired) electrons. The largest absolute Gasteiger partial charge is 0.303 e. The second-order valence-corrected chi connectivity index (χ2v) is 3.88. The second-order valence-electron chi connectivity index (χ2n) is 3.88. The van der Waals surface area contributed by atoms with Crippen LogP contribution in [-0.4, -0.2) is 30.3 Å². The summed E-state index contributed by atoms with van der Waals surface area (Å²) in [5, 5.41) is 0. The van der Waals surface area contributed by atoms with Crippen LogP contribution in [0.5, 0.6) is 0 Å². The molecule has 0 heterocycles. The molecule has 0 aliphatic heterocycles. The molecule has 0 fully saturated rings. The van der Waals surface area contributed by atoms with Crippen LogP contribution in [0.15, 0.2) is 12.2 Å². The Morgan fingerprint density at radius 2 is 1.92 bits per heavy atom. The maximum Gasteiger partial charge on any atom is 0.131 e.